The molecular weight excluding hydrogens is 290 g/mol. The van der Waals surface area contributed by atoms with Crippen LogP contribution in [0.1, 0.15) is 50.7 Å². The fraction of sp³-hybridized carbons (Fsp3) is 0.722. The van der Waals surface area contributed by atoms with Crippen molar-refractivity contribution in [3.8, 4) is 0 Å². The molecule has 1 saturated carbocycles. The first-order chi connectivity index (χ1) is 11.4. The molecule has 0 aliphatic heterocycles. The van der Waals surface area contributed by atoms with Crippen LogP contribution in [0.3, 0.4) is 0 Å². The van der Waals surface area contributed by atoms with E-state index in [4.69, 9.17) is 14.1 Å². The molecule has 0 amide bonds. The van der Waals surface area contributed by atoms with Crippen LogP contribution in [0.25, 0.3) is 0 Å². The van der Waals surface area contributed by atoms with E-state index in [0.717, 1.165) is 50.7 Å². The van der Waals surface area contributed by atoms with E-state index < -0.39 is 0 Å². The Bertz CT molecular complexity index is 425. The summed E-state index contributed by atoms with van der Waals surface area (Å²) in [5.74, 6) is 1.95. The summed E-state index contributed by atoms with van der Waals surface area (Å²) in [5, 5.41) is 7.05. The minimum absolute atomic E-state index is 0.567. The molecule has 0 saturated heterocycles. The minimum Gasteiger partial charge on any atom is -0.469 e. The van der Waals surface area contributed by atoms with Gasteiger partial charge in [-0.05, 0) is 37.8 Å². The second-order valence-electron chi connectivity index (χ2n) is 6.17. The van der Waals surface area contributed by atoms with Gasteiger partial charge in [0.15, 0.2) is 5.96 Å². The molecule has 0 unspecified atom stereocenters. The smallest absolute Gasteiger partial charge is 0.191 e. The molecule has 130 valence electrons. The third-order valence-corrected chi connectivity index (χ3v) is 4.22. The topological polar surface area (TPSA) is 58.8 Å². The Kier molecular flexibility index (Phi) is 8.62. The van der Waals surface area contributed by atoms with Crippen molar-refractivity contribution in [1.82, 2.24) is 10.6 Å². The SMILES string of the molecule is COCCCCN=C(NCCc1ccco1)NC1CCCCC1. The Labute approximate surface area is 139 Å². The maximum Gasteiger partial charge on any atom is 0.191 e. The van der Waals surface area contributed by atoms with Gasteiger partial charge >= 0.3 is 0 Å². The van der Waals surface area contributed by atoms with Gasteiger partial charge in [-0.3, -0.25) is 4.99 Å². The molecule has 0 radical (unpaired) electrons. The fourth-order valence-corrected chi connectivity index (χ4v) is 2.90. The molecule has 1 aromatic rings. The van der Waals surface area contributed by atoms with Crippen molar-refractivity contribution in [2.75, 3.05) is 26.8 Å². The Hall–Kier alpha value is -1.49. The number of hydrogen-bond donors (Lipinski definition) is 2. The summed E-state index contributed by atoms with van der Waals surface area (Å²) in [5.41, 5.74) is 0. The van der Waals surface area contributed by atoms with Crippen LogP contribution in [0.4, 0.5) is 0 Å². The number of furan rings is 1. The highest BCUT2D eigenvalue weighted by Crippen LogP contribution is 2.17. The van der Waals surface area contributed by atoms with Crippen molar-refractivity contribution in [3.63, 3.8) is 0 Å². The molecule has 2 rings (SSSR count). The van der Waals surface area contributed by atoms with Gasteiger partial charge in [-0.25, -0.2) is 0 Å². The first-order valence-corrected chi connectivity index (χ1v) is 8.94. The van der Waals surface area contributed by atoms with Crippen LogP contribution >= 0.6 is 0 Å². The largest absolute Gasteiger partial charge is 0.469 e. The van der Waals surface area contributed by atoms with Gasteiger partial charge < -0.3 is 19.8 Å². The Morgan fingerprint density at radius 3 is 2.91 bits per heavy atom. The minimum atomic E-state index is 0.567. The van der Waals surface area contributed by atoms with E-state index in [2.05, 4.69) is 10.6 Å². The van der Waals surface area contributed by atoms with E-state index in [1.165, 1.54) is 32.1 Å². The Morgan fingerprint density at radius 1 is 1.30 bits per heavy atom. The monoisotopic (exact) mass is 321 g/mol. The van der Waals surface area contributed by atoms with E-state index in [0.29, 0.717) is 6.04 Å². The van der Waals surface area contributed by atoms with Crippen LogP contribution in [0.5, 0.6) is 0 Å². The number of nitrogens with zero attached hydrogens (tertiary/aromatic N) is 1. The van der Waals surface area contributed by atoms with Gasteiger partial charge in [0.05, 0.1) is 6.26 Å². The first kappa shape index (κ1) is 17.9. The van der Waals surface area contributed by atoms with Crippen molar-refractivity contribution in [2.45, 2.75) is 57.4 Å². The molecule has 0 spiro atoms. The maximum atomic E-state index is 5.38. The predicted octanol–water partition coefficient (Wildman–Crippen LogP) is 3.12. The molecule has 5 heteroatoms. The third-order valence-electron chi connectivity index (χ3n) is 4.22. The van der Waals surface area contributed by atoms with Crippen LogP contribution in [0.2, 0.25) is 0 Å². The molecule has 1 fully saturated rings. The molecule has 23 heavy (non-hydrogen) atoms. The number of unbranched alkanes of at least 4 members (excludes halogenated alkanes) is 1. The normalized spacial score (nSPS) is 16.5. The fourth-order valence-electron chi connectivity index (χ4n) is 2.90. The van der Waals surface area contributed by atoms with Crippen LogP contribution in [-0.2, 0) is 11.2 Å². The number of aliphatic imine (C=N–C) groups is 1. The van der Waals surface area contributed by atoms with E-state index in [1.807, 2.05) is 12.1 Å². The van der Waals surface area contributed by atoms with Crippen molar-refractivity contribution >= 4 is 5.96 Å². The first-order valence-electron chi connectivity index (χ1n) is 8.94. The van der Waals surface area contributed by atoms with E-state index >= 15 is 0 Å². The lowest BCUT2D eigenvalue weighted by atomic mass is 9.96. The third kappa shape index (κ3) is 7.55. The zero-order chi connectivity index (χ0) is 16.2. The van der Waals surface area contributed by atoms with Crippen LogP contribution in [0.15, 0.2) is 27.8 Å². The summed E-state index contributed by atoms with van der Waals surface area (Å²) >= 11 is 0. The molecule has 1 aliphatic rings. The second kappa shape index (κ2) is 11.1. The average molecular weight is 321 g/mol. The van der Waals surface area contributed by atoms with E-state index in [-0.39, 0.29) is 0 Å². The van der Waals surface area contributed by atoms with Gasteiger partial charge in [0, 0.05) is 39.3 Å². The molecule has 0 atom stereocenters. The lowest BCUT2D eigenvalue weighted by Crippen LogP contribution is -2.45. The summed E-state index contributed by atoms with van der Waals surface area (Å²) in [6.07, 6.45) is 11.2. The number of nitrogens with one attached hydrogen (secondary N) is 2. The molecule has 1 aliphatic carbocycles. The zero-order valence-electron chi connectivity index (χ0n) is 14.4. The van der Waals surface area contributed by atoms with Gasteiger partial charge in [0.1, 0.15) is 5.76 Å². The zero-order valence-corrected chi connectivity index (χ0v) is 14.4. The summed E-state index contributed by atoms with van der Waals surface area (Å²) in [6, 6.07) is 4.51. The molecule has 1 aromatic heterocycles. The number of ether oxygens (including phenoxy) is 1. The summed E-state index contributed by atoms with van der Waals surface area (Å²) in [6.45, 7) is 2.49. The highest BCUT2D eigenvalue weighted by molar-refractivity contribution is 5.80. The molecule has 0 bridgehead atoms. The Morgan fingerprint density at radius 2 is 2.17 bits per heavy atom. The van der Waals surface area contributed by atoms with Gasteiger partial charge in [0.25, 0.3) is 0 Å². The van der Waals surface area contributed by atoms with Gasteiger partial charge in [-0.2, -0.15) is 0 Å². The summed E-state index contributed by atoms with van der Waals surface area (Å²) in [4.78, 5) is 4.72. The lowest BCUT2D eigenvalue weighted by molar-refractivity contribution is 0.193. The van der Waals surface area contributed by atoms with Crippen LogP contribution in [0, 0.1) is 0 Å². The molecular formula is C18H31N3O2. The average Bonchev–Trinajstić information content (AvgIpc) is 3.09. The Balaban J connectivity index is 1.75. The maximum absolute atomic E-state index is 5.38. The van der Waals surface area contributed by atoms with Crippen molar-refractivity contribution in [1.29, 1.82) is 0 Å². The second-order valence-corrected chi connectivity index (χ2v) is 6.17. The number of methoxy groups -OCH3 is 1. The van der Waals surface area contributed by atoms with Crippen LogP contribution in [-0.4, -0.2) is 38.8 Å². The van der Waals surface area contributed by atoms with Crippen molar-refractivity contribution < 1.29 is 9.15 Å². The number of guanidine groups is 1. The quantitative estimate of drug-likeness (QED) is 0.417. The van der Waals surface area contributed by atoms with Crippen LogP contribution < -0.4 is 10.6 Å². The summed E-state index contributed by atoms with van der Waals surface area (Å²) in [7, 11) is 1.75. The number of hydrogen-bond acceptors (Lipinski definition) is 3. The van der Waals surface area contributed by atoms with Gasteiger partial charge in [-0.15, -0.1) is 0 Å². The molecule has 5 nitrogen and oxygen atoms in total. The highest BCUT2D eigenvalue weighted by Gasteiger charge is 2.14. The standard InChI is InChI=1S/C18H31N3O2/c1-22-14-6-5-12-19-18(21-16-8-3-2-4-9-16)20-13-11-17-10-7-15-23-17/h7,10,15-16H,2-6,8-9,11-14H2,1H3,(H2,19,20,21). The molecule has 0 aromatic carbocycles. The van der Waals surface area contributed by atoms with Crippen molar-refractivity contribution in [3.05, 3.63) is 24.2 Å². The summed E-state index contributed by atoms with van der Waals surface area (Å²) < 4.78 is 10.5. The molecule has 1 heterocycles. The van der Waals surface area contributed by atoms with Crippen molar-refractivity contribution in [2.24, 2.45) is 4.99 Å². The van der Waals surface area contributed by atoms with Gasteiger partial charge in [0.2, 0.25) is 0 Å². The lowest BCUT2D eigenvalue weighted by Gasteiger charge is -2.25. The predicted molar refractivity (Wildman–Crippen MR) is 93.8 cm³/mol. The highest BCUT2D eigenvalue weighted by atomic mass is 16.5. The van der Waals surface area contributed by atoms with Gasteiger partial charge in [-0.1, -0.05) is 19.3 Å². The van der Waals surface area contributed by atoms with E-state index in [1.54, 1.807) is 13.4 Å². The molecule has 2 N–H and O–H groups in total. The number of rotatable bonds is 9. The van der Waals surface area contributed by atoms with E-state index in [9.17, 15) is 0 Å².